The molecule has 0 radical (unpaired) electrons. The monoisotopic (exact) mass is 423 g/mol. The molecule has 0 atom stereocenters. The van der Waals surface area contributed by atoms with E-state index < -0.39 is 0 Å². The number of hydrogen-bond acceptors (Lipinski definition) is 5. The van der Waals surface area contributed by atoms with Crippen molar-refractivity contribution in [2.75, 3.05) is 5.32 Å². The quantitative estimate of drug-likeness (QED) is 0.367. The number of carbonyl (C=O) groups is 2. The number of nitrogens with zero attached hydrogens (tertiary/aromatic N) is 3. The molecule has 0 unspecified atom stereocenters. The van der Waals surface area contributed by atoms with Gasteiger partial charge >= 0.3 is 0 Å². The van der Waals surface area contributed by atoms with Gasteiger partial charge in [0.2, 0.25) is 5.91 Å². The number of hydrogen-bond donors (Lipinski definition) is 2. The number of para-hydroxylation sites is 1. The largest absolute Gasteiger partial charge is 0.326 e. The zero-order valence-electron chi connectivity index (χ0n) is 17.7. The first-order chi connectivity index (χ1) is 15.5. The predicted octanol–water partition coefficient (Wildman–Crippen LogP) is 4.41. The normalized spacial score (nSPS) is 11.2. The predicted molar refractivity (Wildman–Crippen MR) is 125 cm³/mol. The molecular formula is C25H21N5O2. The molecule has 0 aliphatic rings. The van der Waals surface area contributed by atoms with E-state index in [1.807, 2.05) is 54.6 Å². The summed E-state index contributed by atoms with van der Waals surface area (Å²) in [6.07, 6.45) is 1.69. The summed E-state index contributed by atoms with van der Waals surface area (Å²) in [5.41, 5.74) is 7.14. The number of hydrazone groups is 1. The lowest BCUT2D eigenvalue weighted by atomic mass is 10.1. The van der Waals surface area contributed by atoms with Gasteiger partial charge in [0.05, 0.1) is 28.2 Å². The number of carbonyl (C=O) groups excluding carboxylic acids is 2. The Kier molecular flexibility index (Phi) is 5.98. The molecule has 4 rings (SSSR count). The van der Waals surface area contributed by atoms with Gasteiger partial charge in [-0.05, 0) is 48.9 Å². The van der Waals surface area contributed by atoms with Gasteiger partial charge in [0.1, 0.15) is 0 Å². The molecule has 0 bridgehead atoms. The molecule has 7 heteroatoms. The molecule has 32 heavy (non-hydrogen) atoms. The number of benzene rings is 2. The maximum Gasteiger partial charge on any atom is 0.272 e. The smallest absolute Gasteiger partial charge is 0.272 e. The second-order valence-corrected chi connectivity index (χ2v) is 7.19. The highest BCUT2D eigenvalue weighted by atomic mass is 16.2. The van der Waals surface area contributed by atoms with Crippen LogP contribution in [0.15, 0.2) is 84.1 Å². The summed E-state index contributed by atoms with van der Waals surface area (Å²) >= 11 is 0. The Balaban J connectivity index is 1.65. The Bertz CT molecular complexity index is 1330. The number of aromatic nitrogens is 2. The molecule has 0 aliphatic heterocycles. The molecule has 0 aliphatic carbocycles. The van der Waals surface area contributed by atoms with Crippen LogP contribution < -0.4 is 10.7 Å². The lowest BCUT2D eigenvalue weighted by Crippen LogP contribution is -2.20. The Morgan fingerprint density at radius 3 is 2.47 bits per heavy atom. The van der Waals surface area contributed by atoms with Crippen molar-refractivity contribution >= 4 is 34.1 Å². The molecule has 0 saturated heterocycles. The van der Waals surface area contributed by atoms with Crippen molar-refractivity contribution in [1.82, 2.24) is 15.4 Å². The summed E-state index contributed by atoms with van der Waals surface area (Å²) in [7, 11) is 0. The van der Waals surface area contributed by atoms with Crippen molar-refractivity contribution in [3.63, 3.8) is 0 Å². The van der Waals surface area contributed by atoms with Crippen molar-refractivity contribution in [3.8, 4) is 11.4 Å². The number of amides is 2. The van der Waals surface area contributed by atoms with Gasteiger partial charge in [-0.2, -0.15) is 5.10 Å². The van der Waals surface area contributed by atoms with E-state index in [1.54, 1.807) is 31.3 Å². The Labute approximate surface area is 185 Å². The fourth-order valence-corrected chi connectivity index (χ4v) is 3.29. The number of anilines is 1. The van der Waals surface area contributed by atoms with E-state index in [-0.39, 0.29) is 11.8 Å². The highest BCUT2D eigenvalue weighted by Gasteiger charge is 2.14. The minimum Gasteiger partial charge on any atom is -0.326 e. The zero-order chi connectivity index (χ0) is 22.5. The Hall–Kier alpha value is -4.39. The maximum absolute atomic E-state index is 13.1. The van der Waals surface area contributed by atoms with E-state index >= 15 is 0 Å². The van der Waals surface area contributed by atoms with Crippen molar-refractivity contribution in [1.29, 1.82) is 0 Å². The van der Waals surface area contributed by atoms with E-state index in [4.69, 9.17) is 0 Å². The van der Waals surface area contributed by atoms with Crippen LogP contribution >= 0.6 is 0 Å². The van der Waals surface area contributed by atoms with Crippen LogP contribution in [0.1, 0.15) is 29.8 Å². The van der Waals surface area contributed by atoms with Gasteiger partial charge < -0.3 is 5.32 Å². The lowest BCUT2D eigenvalue weighted by molar-refractivity contribution is -0.114. The molecular weight excluding hydrogens is 402 g/mol. The molecule has 2 amide bonds. The van der Waals surface area contributed by atoms with Crippen LogP contribution in [-0.2, 0) is 4.79 Å². The summed E-state index contributed by atoms with van der Waals surface area (Å²) in [5, 5.41) is 7.73. The van der Waals surface area contributed by atoms with Crippen LogP contribution in [0.4, 0.5) is 5.69 Å². The first-order valence-corrected chi connectivity index (χ1v) is 10.0. The third kappa shape index (κ3) is 4.67. The van der Waals surface area contributed by atoms with E-state index in [0.29, 0.717) is 33.9 Å². The van der Waals surface area contributed by atoms with Gasteiger partial charge in [0, 0.05) is 24.2 Å². The average Bonchev–Trinajstić information content (AvgIpc) is 2.82. The summed E-state index contributed by atoms with van der Waals surface area (Å²) in [4.78, 5) is 33.4. The SMILES string of the molecule is CC(=O)Nc1cccc(/C(C)=N/NC(=O)c2cc(-c3ccccn3)nc3ccccc23)c1. The molecule has 7 nitrogen and oxygen atoms in total. The van der Waals surface area contributed by atoms with Crippen molar-refractivity contribution in [2.24, 2.45) is 5.10 Å². The first kappa shape index (κ1) is 20.9. The number of pyridine rings is 2. The topological polar surface area (TPSA) is 96.3 Å². The molecule has 0 fully saturated rings. The molecule has 0 spiro atoms. The minimum atomic E-state index is -0.349. The van der Waals surface area contributed by atoms with Gasteiger partial charge in [-0.25, -0.2) is 10.4 Å². The molecule has 0 saturated carbocycles. The van der Waals surface area contributed by atoms with Crippen molar-refractivity contribution < 1.29 is 9.59 Å². The van der Waals surface area contributed by atoms with Gasteiger partial charge in [-0.15, -0.1) is 0 Å². The van der Waals surface area contributed by atoms with Crippen molar-refractivity contribution in [2.45, 2.75) is 13.8 Å². The molecule has 2 aromatic carbocycles. The average molecular weight is 423 g/mol. The second kappa shape index (κ2) is 9.18. The summed E-state index contributed by atoms with van der Waals surface area (Å²) < 4.78 is 0. The summed E-state index contributed by atoms with van der Waals surface area (Å²) in [5.74, 6) is -0.503. The van der Waals surface area contributed by atoms with Crippen molar-refractivity contribution in [3.05, 3.63) is 90.1 Å². The third-order valence-electron chi connectivity index (χ3n) is 4.81. The molecule has 2 heterocycles. The van der Waals surface area contributed by atoms with Crippen LogP contribution in [-0.4, -0.2) is 27.5 Å². The summed E-state index contributed by atoms with van der Waals surface area (Å²) in [6, 6.07) is 22.0. The van der Waals surface area contributed by atoms with Crippen LogP contribution in [0, 0.1) is 0 Å². The molecule has 2 aromatic heterocycles. The fraction of sp³-hybridized carbons (Fsp3) is 0.0800. The highest BCUT2D eigenvalue weighted by Crippen LogP contribution is 2.23. The summed E-state index contributed by atoms with van der Waals surface area (Å²) in [6.45, 7) is 3.24. The highest BCUT2D eigenvalue weighted by molar-refractivity contribution is 6.08. The van der Waals surface area contributed by atoms with E-state index in [9.17, 15) is 9.59 Å². The Morgan fingerprint density at radius 1 is 0.875 bits per heavy atom. The maximum atomic E-state index is 13.1. The second-order valence-electron chi connectivity index (χ2n) is 7.19. The van der Waals surface area contributed by atoms with Crippen LogP contribution in [0.3, 0.4) is 0 Å². The van der Waals surface area contributed by atoms with Crippen LogP contribution in [0.25, 0.3) is 22.3 Å². The molecule has 2 N–H and O–H groups in total. The lowest BCUT2D eigenvalue weighted by Gasteiger charge is -2.09. The van der Waals surface area contributed by atoms with Gasteiger partial charge in [-0.1, -0.05) is 36.4 Å². The minimum absolute atomic E-state index is 0.154. The zero-order valence-corrected chi connectivity index (χ0v) is 17.7. The Morgan fingerprint density at radius 2 is 1.69 bits per heavy atom. The van der Waals surface area contributed by atoms with E-state index in [1.165, 1.54) is 6.92 Å². The number of fused-ring (bicyclic) bond motifs is 1. The standard InChI is InChI=1S/C25H21N5O2/c1-16(18-8-7-9-19(14-18)27-17(2)31)29-30-25(32)21-15-24(23-12-5-6-13-26-23)28-22-11-4-3-10-20(21)22/h3-15H,1-2H3,(H,27,31)(H,30,32)/b29-16+. The first-order valence-electron chi connectivity index (χ1n) is 10.0. The van der Waals surface area contributed by atoms with Crippen LogP contribution in [0.5, 0.6) is 0 Å². The fourth-order valence-electron chi connectivity index (χ4n) is 3.29. The molecule has 158 valence electrons. The number of nitrogens with one attached hydrogen (secondary N) is 2. The van der Waals surface area contributed by atoms with Gasteiger partial charge in [-0.3, -0.25) is 14.6 Å². The van der Waals surface area contributed by atoms with E-state index in [2.05, 4.69) is 25.8 Å². The third-order valence-corrected chi connectivity index (χ3v) is 4.81. The van der Waals surface area contributed by atoms with E-state index in [0.717, 1.165) is 10.9 Å². The van der Waals surface area contributed by atoms with Gasteiger partial charge in [0.25, 0.3) is 5.91 Å². The van der Waals surface area contributed by atoms with Crippen LogP contribution in [0.2, 0.25) is 0 Å². The molecule has 4 aromatic rings. The number of rotatable bonds is 5. The van der Waals surface area contributed by atoms with Gasteiger partial charge in [0.15, 0.2) is 0 Å².